The molecule has 1 aliphatic rings. The second-order valence-electron chi connectivity index (χ2n) is 6.68. The number of quaternary nitrogens is 1. The van der Waals surface area contributed by atoms with Gasteiger partial charge in [-0.3, -0.25) is 0 Å². The van der Waals surface area contributed by atoms with Crippen molar-refractivity contribution >= 4 is 44.8 Å². The van der Waals surface area contributed by atoms with Gasteiger partial charge in [0.2, 0.25) is 0 Å². The van der Waals surface area contributed by atoms with Crippen molar-refractivity contribution in [3.63, 3.8) is 0 Å². The van der Waals surface area contributed by atoms with Gasteiger partial charge < -0.3 is 15.7 Å². The van der Waals surface area contributed by atoms with E-state index in [0.29, 0.717) is 10.0 Å². The smallest absolute Gasteiger partial charge is 0.186 e. The summed E-state index contributed by atoms with van der Waals surface area (Å²) < 4.78 is 1.03. The van der Waals surface area contributed by atoms with E-state index in [0.717, 1.165) is 26.9 Å². The van der Waals surface area contributed by atoms with Gasteiger partial charge in [0.15, 0.2) is 6.17 Å². The number of aromatic hydroxyl groups is 1. The van der Waals surface area contributed by atoms with E-state index < -0.39 is 0 Å². The van der Waals surface area contributed by atoms with Crippen molar-refractivity contribution in [1.29, 1.82) is 0 Å². The molecule has 0 amide bonds. The van der Waals surface area contributed by atoms with Crippen molar-refractivity contribution in [2.75, 3.05) is 0 Å². The number of phenols is 1. The second kappa shape index (κ2) is 8.18. The molecule has 0 fully saturated rings. The molecule has 0 aliphatic carbocycles. The first-order valence-electron chi connectivity index (χ1n) is 8.83. The Morgan fingerprint density at radius 2 is 1.57 bits per heavy atom. The van der Waals surface area contributed by atoms with Gasteiger partial charge in [-0.2, -0.15) is 0 Å². The van der Waals surface area contributed by atoms with Crippen LogP contribution in [0.5, 0.6) is 5.75 Å². The molecule has 2 atom stereocenters. The maximum absolute atomic E-state index is 10.4. The normalized spacial score (nSPS) is 19.0. The highest BCUT2D eigenvalue weighted by Crippen LogP contribution is 2.31. The average Bonchev–Trinajstić information content (AvgIpc) is 2.70. The van der Waals surface area contributed by atoms with Crippen LogP contribution in [-0.4, -0.2) is 5.11 Å². The van der Waals surface area contributed by atoms with Crippen molar-refractivity contribution in [2.45, 2.75) is 12.2 Å². The van der Waals surface area contributed by atoms with E-state index in [-0.39, 0.29) is 18.0 Å². The van der Waals surface area contributed by atoms with E-state index >= 15 is 0 Å². The minimum Gasteiger partial charge on any atom is -0.507 e. The monoisotopic (exact) mass is 475 g/mol. The summed E-state index contributed by atoms with van der Waals surface area (Å²) in [5, 5.41) is 17.5. The fourth-order valence-corrected chi connectivity index (χ4v) is 3.94. The van der Waals surface area contributed by atoms with Crippen LogP contribution >= 0.6 is 39.1 Å². The predicted molar refractivity (Wildman–Crippen MR) is 117 cm³/mol. The number of phenolic OH excluding ortho intramolecular Hbond substituents is 1. The van der Waals surface area contributed by atoms with Crippen LogP contribution in [0.2, 0.25) is 10.0 Å². The summed E-state index contributed by atoms with van der Waals surface area (Å²) in [4.78, 5) is 0. The fraction of sp³-hybridized carbons (Fsp3) is 0.0909. The minimum atomic E-state index is -0.0979. The van der Waals surface area contributed by atoms with Crippen LogP contribution in [0.25, 0.3) is 5.70 Å². The molecule has 3 aromatic carbocycles. The summed E-state index contributed by atoms with van der Waals surface area (Å²) in [6, 6.07) is 21.0. The summed E-state index contributed by atoms with van der Waals surface area (Å²) >= 11 is 15.7. The van der Waals surface area contributed by atoms with E-state index in [4.69, 9.17) is 23.2 Å². The number of nitrogens with two attached hydrogens (primary N) is 1. The molecule has 0 spiro atoms. The molecule has 1 aliphatic heterocycles. The Kier molecular flexibility index (Phi) is 5.65. The van der Waals surface area contributed by atoms with Gasteiger partial charge >= 0.3 is 0 Å². The highest BCUT2D eigenvalue weighted by molar-refractivity contribution is 9.10. The van der Waals surface area contributed by atoms with Gasteiger partial charge in [-0.05, 0) is 60.2 Å². The molecule has 2 unspecified atom stereocenters. The fourth-order valence-electron chi connectivity index (χ4n) is 3.37. The number of hydrogen-bond acceptors (Lipinski definition) is 2. The molecule has 28 heavy (non-hydrogen) atoms. The van der Waals surface area contributed by atoms with Crippen LogP contribution in [0.1, 0.15) is 28.9 Å². The SMILES string of the molecule is Oc1ccc(Cl)cc1C1C=C(c2ccc(Br)cc2)NC(c2ccc(Cl)cc2)[NH2+]1. The highest BCUT2D eigenvalue weighted by Gasteiger charge is 2.29. The van der Waals surface area contributed by atoms with Crippen LogP contribution in [-0.2, 0) is 0 Å². The van der Waals surface area contributed by atoms with Crippen molar-refractivity contribution in [3.8, 4) is 5.75 Å². The molecule has 4 N–H and O–H groups in total. The van der Waals surface area contributed by atoms with Crippen molar-refractivity contribution in [2.24, 2.45) is 0 Å². The Bertz CT molecular complexity index is 1020. The van der Waals surface area contributed by atoms with Gasteiger partial charge in [-0.25, -0.2) is 0 Å². The Morgan fingerprint density at radius 3 is 2.29 bits per heavy atom. The zero-order valence-electron chi connectivity index (χ0n) is 14.7. The van der Waals surface area contributed by atoms with Gasteiger partial charge in [-0.1, -0.05) is 51.3 Å². The first kappa shape index (κ1) is 19.3. The van der Waals surface area contributed by atoms with Gasteiger partial charge in [-0.15, -0.1) is 0 Å². The molecule has 142 valence electrons. The Labute approximate surface area is 182 Å². The molecule has 0 aromatic heterocycles. The van der Waals surface area contributed by atoms with Crippen molar-refractivity contribution < 1.29 is 10.4 Å². The summed E-state index contributed by atoms with van der Waals surface area (Å²) in [5.41, 5.74) is 3.95. The lowest BCUT2D eigenvalue weighted by Gasteiger charge is -2.30. The number of benzene rings is 3. The Hall–Kier alpha value is -1.98. The van der Waals surface area contributed by atoms with Crippen LogP contribution in [0.3, 0.4) is 0 Å². The molecule has 0 saturated carbocycles. The third-order valence-electron chi connectivity index (χ3n) is 4.79. The number of hydrogen-bond donors (Lipinski definition) is 3. The quantitative estimate of drug-likeness (QED) is 0.473. The first-order chi connectivity index (χ1) is 13.5. The molecule has 1 heterocycles. The van der Waals surface area contributed by atoms with E-state index in [1.807, 2.05) is 42.5 Å². The lowest BCUT2D eigenvalue weighted by atomic mass is 9.98. The molecular weight excluding hydrogens is 459 g/mol. The highest BCUT2D eigenvalue weighted by atomic mass is 79.9. The molecule has 6 heteroatoms. The number of rotatable bonds is 3. The molecule has 0 bridgehead atoms. The van der Waals surface area contributed by atoms with E-state index in [1.54, 1.807) is 12.1 Å². The summed E-state index contributed by atoms with van der Waals surface area (Å²) in [5.74, 6) is 0.230. The maximum atomic E-state index is 10.4. The molecule has 3 aromatic rings. The van der Waals surface area contributed by atoms with Gasteiger partial charge in [0.1, 0.15) is 11.8 Å². The van der Waals surface area contributed by atoms with Gasteiger partial charge in [0.05, 0.1) is 5.56 Å². The Morgan fingerprint density at radius 1 is 0.893 bits per heavy atom. The largest absolute Gasteiger partial charge is 0.507 e. The predicted octanol–water partition coefficient (Wildman–Crippen LogP) is 5.41. The topological polar surface area (TPSA) is 48.9 Å². The average molecular weight is 477 g/mol. The maximum Gasteiger partial charge on any atom is 0.186 e. The van der Waals surface area contributed by atoms with Crippen LogP contribution in [0.4, 0.5) is 0 Å². The van der Waals surface area contributed by atoms with E-state index in [1.165, 1.54) is 0 Å². The molecule has 0 saturated heterocycles. The summed E-state index contributed by atoms with van der Waals surface area (Å²) in [6.07, 6.45) is 2.07. The Balaban J connectivity index is 1.76. The van der Waals surface area contributed by atoms with E-state index in [9.17, 15) is 5.11 Å². The van der Waals surface area contributed by atoms with Crippen molar-refractivity contribution in [3.05, 3.63) is 104 Å². The van der Waals surface area contributed by atoms with Crippen LogP contribution < -0.4 is 10.6 Å². The summed E-state index contributed by atoms with van der Waals surface area (Å²) in [7, 11) is 0. The second-order valence-corrected chi connectivity index (χ2v) is 8.47. The minimum absolute atomic E-state index is 0.0377. The van der Waals surface area contributed by atoms with E-state index in [2.05, 4.69) is 44.8 Å². The molecule has 4 rings (SSSR count). The lowest BCUT2D eigenvalue weighted by molar-refractivity contribution is -0.731. The zero-order valence-corrected chi connectivity index (χ0v) is 17.8. The third kappa shape index (κ3) is 4.20. The molecule has 0 radical (unpaired) electrons. The van der Waals surface area contributed by atoms with Gasteiger partial charge in [0.25, 0.3) is 0 Å². The lowest BCUT2D eigenvalue weighted by Crippen LogP contribution is -2.89. The number of halogens is 3. The number of nitrogens with one attached hydrogen (secondary N) is 1. The molecule has 3 nitrogen and oxygen atoms in total. The summed E-state index contributed by atoms with van der Waals surface area (Å²) in [6.45, 7) is 0. The van der Waals surface area contributed by atoms with Crippen LogP contribution in [0, 0.1) is 0 Å². The van der Waals surface area contributed by atoms with Gasteiger partial charge in [0, 0.05) is 31.9 Å². The third-order valence-corrected chi connectivity index (χ3v) is 5.81. The van der Waals surface area contributed by atoms with Crippen molar-refractivity contribution in [1.82, 2.24) is 5.32 Å². The molecular formula is C22H18BrCl2N2O+. The van der Waals surface area contributed by atoms with Crippen LogP contribution in [0.15, 0.2) is 77.3 Å². The zero-order chi connectivity index (χ0) is 19.7. The standard InChI is InChI=1S/C22H17BrCl2N2O/c23-15-5-1-13(2-6-15)19-12-20(18-11-17(25)9-10-21(18)28)27-22(26-19)14-3-7-16(24)8-4-14/h1-12,20,22,26-28H/p+1. The first-order valence-corrected chi connectivity index (χ1v) is 10.4.